The highest BCUT2D eigenvalue weighted by Crippen LogP contribution is 2.36. The summed E-state index contributed by atoms with van der Waals surface area (Å²) in [5.41, 5.74) is 6.23. The maximum Gasteiger partial charge on any atom is 0.417 e. The summed E-state index contributed by atoms with van der Waals surface area (Å²) in [6.07, 6.45) is -3.27. The van der Waals surface area contributed by atoms with Crippen molar-refractivity contribution in [3.05, 3.63) is 76.8 Å². The predicted octanol–water partition coefficient (Wildman–Crippen LogP) is 5.07. The average molecular weight is 411 g/mol. The second-order valence-corrected chi connectivity index (χ2v) is 6.40. The van der Waals surface area contributed by atoms with Gasteiger partial charge in [-0.1, -0.05) is 35.9 Å². The zero-order valence-corrected chi connectivity index (χ0v) is 15.1. The third-order valence-electron chi connectivity index (χ3n) is 4.05. The minimum absolute atomic E-state index is 0.200. The lowest BCUT2D eigenvalue weighted by Crippen LogP contribution is -2.22. The molecule has 4 nitrogen and oxygen atoms in total. The van der Waals surface area contributed by atoms with Crippen LogP contribution in [0.15, 0.2) is 54.9 Å². The molecule has 0 aliphatic rings. The molecule has 0 fully saturated rings. The summed E-state index contributed by atoms with van der Waals surface area (Å²) in [5.74, 6) is -0.00705. The molecule has 0 radical (unpaired) electrons. The number of benzene rings is 2. The van der Waals surface area contributed by atoms with E-state index in [0.717, 1.165) is 6.07 Å². The number of hydrogen-bond acceptors (Lipinski definition) is 4. The fraction of sp³-hybridized carbons (Fsp3) is 0.158. The highest BCUT2D eigenvalue weighted by Gasteiger charge is 2.33. The van der Waals surface area contributed by atoms with Crippen molar-refractivity contribution in [3.63, 3.8) is 0 Å². The fourth-order valence-corrected chi connectivity index (χ4v) is 2.90. The number of nitrogens with two attached hydrogens (primary N) is 1. The van der Waals surface area contributed by atoms with Crippen LogP contribution < -0.4 is 11.1 Å². The average Bonchev–Trinajstić information content (AvgIpc) is 2.65. The lowest BCUT2D eigenvalue weighted by Gasteiger charge is -2.15. The van der Waals surface area contributed by atoms with Gasteiger partial charge in [0.15, 0.2) is 0 Å². The van der Waals surface area contributed by atoms with Crippen molar-refractivity contribution < 1.29 is 17.6 Å². The van der Waals surface area contributed by atoms with E-state index in [1.165, 1.54) is 24.5 Å². The summed E-state index contributed by atoms with van der Waals surface area (Å²) in [6.45, 7) is 0.200. The van der Waals surface area contributed by atoms with E-state index in [1.807, 2.05) is 0 Å². The lowest BCUT2D eigenvalue weighted by molar-refractivity contribution is -0.137. The van der Waals surface area contributed by atoms with Crippen molar-refractivity contribution >= 4 is 17.4 Å². The van der Waals surface area contributed by atoms with Gasteiger partial charge in [-0.15, -0.1) is 0 Å². The van der Waals surface area contributed by atoms with Crippen molar-refractivity contribution in [2.75, 3.05) is 11.9 Å². The third kappa shape index (κ3) is 4.58. The van der Waals surface area contributed by atoms with Crippen LogP contribution in [-0.2, 0) is 6.18 Å². The maximum absolute atomic E-state index is 13.8. The maximum atomic E-state index is 13.8. The van der Waals surface area contributed by atoms with E-state index in [0.29, 0.717) is 22.6 Å². The monoisotopic (exact) mass is 410 g/mol. The van der Waals surface area contributed by atoms with Gasteiger partial charge in [0.05, 0.1) is 16.3 Å². The minimum atomic E-state index is -4.53. The van der Waals surface area contributed by atoms with Gasteiger partial charge in [0, 0.05) is 29.8 Å². The molecule has 1 unspecified atom stereocenters. The van der Waals surface area contributed by atoms with Gasteiger partial charge in [-0.25, -0.2) is 14.4 Å². The molecule has 1 heterocycles. The number of anilines is 1. The van der Waals surface area contributed by atoms with Crippen molar-refractivity contribution in [3.8, 4) is 11.3 Å². The summed E-state index contributed by atoms with van der Waals surface area (Å²) in [6, 6.07) is 10.5. The first-order valence-corrected chi connectivity index (χ1v) is 8.56. The highest BCUT2D eigenvalue weighted by atomic mass is 35.5. The van der Waals surface area contributed by atoms with Crippen LogP contribution in [0.5, 0.6) is 0 Å². The van der Waals surface area contributed by atoms with E-state index < -0.39 is 28.6 Å². The van der Waals surface area contributed by atoms with Crippen LogP contribution in [0.4, 0.5) is 23.4 Å². The number of alkyl halides is 3. The molecule has 0 bridgehead atoms. The molecule has 9 heteroatoms. The highest BCUT2D eigenvalue weighted by molar-refractivity contribution is 6.31. The Morgan fingerprint density at radius 1 is 1.07 bits per heavy atom. The number of halogens is 5. The van der Waals surface area contributed by atoms with Gasteiger partial charge < -0.3 is 11.1 Å². The van der Waals surface area contributed by atoms with Gasteiger partial charge in [0.2, 0.25) is 0 Å². The summed E-state index contributed by atoms with van der Waals surface area (Å²) in [4.78, 5) is 8.11. The van der Waals surface area contributed by atoms with Crippen LogP contribution in [-0.4, -0.2) is 16.5 Å². The van der Waals surface area contributed by atoms with E-state index >= 15 is 0 Å². The molecule has 0 aliphatic carbocycles. The second kappa shape index (κ2) is 8.12. The molecule has 1 aromatic heterocycles. The van der Waals surface area contributed by atoms with Crippen LogP contribution in [0.1, 0.15) is 17.2 Å². The van der Waals surface area contributed by atoms with Crippen LogP contribution in [0, 0.1) is 5.82 Å². The molecule has 2 aromatic carbocycles. The van der Waals surface area contributed by atoms with Crippen molar-refractivity contribution in [2.24, 2.45) is 5.73 Å². The largest absolute Gasteiger partial charge is 0.417 e. The van der Waals surface area contributed by atoms with Gasteiger partial charge >= 0.3 is 6.18 Å². The second-order valence-electron chi connectivity index (χ2n) is 5.99. The van der Waals surface area contributed by atoms with Crippen LogP contribution >= 0.6 is 11.6 Å². The summed E-state index contributed by atoms with van der Waals surface area (Å²) < 4.78 is 52.3. The zero-order chi connectivity index (χ0) is 20.3. The number of nitrogens with one attached hydrogen (secondary N) is 1. The molecule has 0 spiro atoms. The van der Waals surface area contributed by atoms with E-state index in [4.69, 9.17) is 17.3 Å². The van der Waals surface area contributed by atoms with E-state index in [-0.39, 0.29) is 6.54 Å². The molecule has 28 heavy (non-hydrogen) atoms. The standard InChI is InChI=1S/C19H15ClF4N4/c20-14-7-11(5-6-13(14)19(22,23)24)17-8-18(28-10-27-17)26-9-16(25)12-3-1-2-4-15(12)21/h1-8,10,16H,9,25H2,(H,26,27,28). The Hall–Kier alpha value is -2.71. The Balaban J connectivity index is 1.76. The Kier molecular flexibility index (Phi) is 5.81. The SMILES string of the molecule is NC(CNc1cc(-c2ccc(C(F)(F)F)c(Cl)c2)ncn1)c1ccccc1F. The Morgan fingerprint density at radius 2 is 1.82 bits per heavy atom. The molecular formula is C19H15ClF4N4. The number of rotatable bonds is 5. The summed E-state index contributed by atoms with van der Waals surface area (Å²) >= 11 is 5.76. The molecule has 0 amide bonds. The van der Waals surface area contributed by atoms with Crippen LogP contribution in [0.2, 0.25) is 5.02 Å². The Morgan fingerprint density at radius 3 is 2.50 bits per heavy atom. The minimum Gasteiger partial charge on any atom is -0.368 e. The quantitative estimate of drug-likeness (QED) is 0.577. The van der Waals surface area contributed by atoms with E-state index in [2.05, 4.69) is 15.3 Å². The van der Waals surface area contributed by atoms with Gasteiger partial charge in [-0.3, -0.25) is 0 Å². The smallest absolute Gasteiger partial charge is 0.368 e. The number of nitrogens with zero attached hydrogens (tertiary/aromatic N) is 2. The van der Waals surface area contributed by atoms with Gasteiger partial charge in [-0.2, -0.15) is 13.2 Å². The first-order chi connectivity index (χ1) is 13.3. The molecule has 0 aliphatic heterocycles. The predicted molar refractivity (Wildman–Crippen MR) is 99.3 cm³/mol. The molecule has 3 rings (SSSR count). The summed E-state index contributed by atoms with van der Waals surface area (Å²) in [7, 11) is 0. The number of aromatic nitrogens is 2. The normalized spacial score (nSPS) is 12.6. The first kappa shape index (κ1) is 20.0. The van der Waals surface area contributed by atoms with Crippen molar-refractivity contribution in [1.82, 2.24) is 9.97 Å². The molecule has 1 atom stereocenters. The molecular weight excluding hydrogens is 396 g/mol. The van der Waals surface area contributed by atoms with Gasteiger partial charge in [-0.05, 0) is 18.2 Å². The third-order valence-corrected chi connectivity index (χ3v) is 4.36. The lowest BCUT2D eigenvalue weighted by atomic mass is 10.1. The zero-order valence-electron chi connectivity index (χ0n) is 14.3. The Labute approximate surface area is 163 Å². The van der Waals surface area contributed by atoms with Crippen LogP contribution in [0.3, 0.4) is 0 Å². The van der Waals surface area contributed by atoms with Crippen molar-refractivity contribution in [1.29, 1.82) is 0 Å². The van der Waals surface area contributed by atoms with Crippen LogP contribution in [0.25, 0.3) is 11.3 Å². The van der Waals surface area contributed by atoms with Gasteiger partial charge in [0.25, 0.3) is 0 Å². The van der Waals surface area contributed by atoms with Gasteiger partial charge in [0.1, 0.15) is 18.0 Å². The summed E-state index contributed by atoms with van der Waals surface area (Å²) in [5, 5.41) is 2.56. The van der Waals surface area contributed by atoms with E-state index in [9.17, 15) is 17.6 Å². The molecule has 3 aromatic rings. The first-order valence-electron chi connectivity index (χ1n) is 8.19. The van der Waals surface area contributed by atoms with Crippen molar-refractivity contribution in [2.45, 2.75) is 12.2 Å². The molecule has 0 saturated carbocycles. The van der Waals surface area contributed by atoms with E-state index in [1.54, 1.807) is 24.3 Å². The molecule has 146 valence electrons. The Bertz CT molecular complexity index is 978. The molecule has 0 saturated heterocycles. The molecule has 3 N–H and O–H groups in total. The fourth-order valence-electron chi connectivity index (χ4n) is 2.62. The number of hydrogen-bond donors (Lipinski definition) is 2. The topological polar surface area (TPSA) is 63.8 Å².